The zero-order valence-corrected chi connectivity index (χ0v) is 15.2. The minimum Gasteiger partial charge on any atom is -0.497 e. The zero-order valence-electron chi connectivity index (χ0n) is 14.3. The molecule has 4 rings (SSSR count). The Balaban J connectivity index is 1.89. The van der Waals surface area contributed by atoms with Crippen LogP contribution >= 0.6 is 11.3 Å². The van der Waals surface area contributed by atoms with Gasteiger partial charge in [-0.25, -0.2) is 4.98 Å². The molecule has 130 valence electrons. The van der Waals surface area contributed by atoms with E-state index >= 15 is 0 Å². The maximum absolute atomic E-state index is 12.8. The third-order valence-electron chi connectivity index (χ3n) is 4.74. The van der Waals surface area contributed by atoms with Gasteiger partial charge in [0, 0.05) is 10.9 Å². The van der Waals surface area contributed by atoms with Gasteiger partial charge in [0.05, 0.1) is 25.2 Å². The lowest BCUT2D eigenvalue weighted by atomic mass is 10.1. The third-order valence-corrected chi connectivity index (χ3v) is 5.92. The first kappa shape index (κ1) is 16.1. The number of thiophene rings is 1. The average Bonchev–Trinajstić information content (AvgIpc) is 2.83. The number of H-pyrrole nitrogens is 1. The molecule has 5 nitrogen and oxygen atoms in total. The van der Waals surface area contributed by atoms with Crippen molar-refractivity contribution in [3.63, 3.8) is 0 Å². The van der Waals surface area contributed by atoms with Gasteiger partial charge in [-0.1, -0.05) is 6.42 Å². The fourth-order valence-corrected chi connectivity index (χ4v) is 4.72. The molecule has 25 heavy (non-hydrogen) atoms. The smallest absolute Gasteiger partial charge is 0.260 e. The van der Waals surface area contributed by atoms with Crippen LogP contribution in [0.4, 0.5) is 0 Å². The van der Waals surface area contributed by atoms with Gasteiger partial charge in [-0.2, -0.15) is 0 Å². The molecule has 3 aromatic rings. The predicted octanol–water partition coefficient (Wildman–Crippen LogP) is 3.94. The Bertz CT molecular complexity index is 990. The first-order valence-electron chi connectivity index (χ1n) is 8.48. The number of fused-ring (bicyclic) bond motifs is 3. The number of aromatic nitrogens is 2. The second kappa shape index (κ2) is 6.52. The predicted molar refractivity (Wildman–Crippen MR) is 100 cm³/mol. The van der Waals surface area contributed by atoms with Crippen LogP contribution in [0.1, 0.15) is 29.7 Å². The Morgan fingerprint density at radius 2 is 1.96 bits per heavy atom. The molecule has 0 atom stereocenters. The second-order valence-electron chi connectivity index (χ2n) is 6.23. The highest BCUT2D eigenvalue weighted by Gasteiger charge is 2.20. The number of methoxy groups -OCH3 is 2. The number of aromatic amines is 1. The van der Waals surface area contributed by atoms with Crippen LogP contribution in [-0.4, -0.2) is 24.2 Å². The van der Waals surface area contributed by atoms with Gasteiger partial charge >= 0.3 is 0 Å². The highest BCUT2D eigenvalue weighted by atomic mass is 32.1. The normalized spacial score (nSPS) is 14.2. The standard InChI is InChI=1S/C19H20N2O3S/c1-23-11-8-9-12(14(10-11)24-2)17-20-18(22)16-13-6-4-3-5-7-15(13)25-19(16)21-17/h8-10H,3-7H2,1-2H3,(H,20,21,22). The molecule has 2 heterocycles. The van der Waals surface area contributed by atoms with E-state index in [1.165, 1.54) is 23.3 Å². The van der Waals surface area contributed by atoms with Crippen LogP contribution in [0.25, 0.3) is 21.6 Å². The van der Waals surface area contributed by atoms with Crippen molar-refractivity contribution in [3.05, 3.63) is 39.0 Å². The maximum atomic E-state index is 12.8. The summed E-state index contributed by atoms with van der Waals surface area (Å²) in [6, 6.07) is 5.50. The lowest BCUT2D eigenvalue weighted by molar-refractivity contribution is 0.395. The molecule has 0 aliphatic heterocycles. The number of hydrogen-bond donors (Lipinski definition) is 1. The van der Waals surface area contributed by atoms with E-state index in [0.29, 0.717) is 17.3 Å². The van der Waals surface area contributed by atoms with E-state index < -0.39 is 0 Å². The van der Waals surface area contributed by atoms with Gasteiger partial charge in [-0.15, -0.1) is 11.3 Å². The minimum atomic E-state index is -0.0581. The van der Waals surface area contributed by atoms with Crippen molar-refractivity contribution in [2.75, 3.05) is 14.2 Å². The molecule has 0 saturated carbocycles. The Morgan fingerprint density at radius 1 is 1.12 bits per heavy atom. The molecule has 0 fully saturated rings. The number of rotatable bonds is 3. The van der Waals surface area contributed by atoms with Crippen molar-refractivity contribution in [2.24, 2.45) is 0 Å². The molecule has 0 bridgehead atoms. The second-order valence-corrected chi connectivity index (χ2v) is 7.31. The Morgan fingerprint density at radius 3 is 2.76 bits per heavy atom. The van der Waals surface area contributed by atoms with Crippen LogP contribution in [0, 0.1) is 0 Å². The van der Waals surface area contributed by atoms with Gasteiger partial charge in [0.2, 0.25) is 0 Å². The highest BCUT2D eigenvalue weighted by Crippen LogP contribution is 2.35. The van der Waals surface area contributed by atoms with Crippen molar-refractivity contribution >= 4 is 21.6 Å². The third kappa shape index (κ3) is 2.80. The summed E-state index contributed by atoms with van der Waals surface area (Å²) in [6.07, 6.45) is 5.60. The highest BCUT2D eigenvalue weighted by molar-refractivity contribution is 7.18. The molecule has 0 spiro atoms. The Hall–Kier alpha value is -2.34. The SMILES string of the molecule is COc1ccc(-c2nc3sc4c(c3c(=O)[nH]2)CCCCC4)c(OC)c1. The fraction of sp³-hybridized carbons (Fsp3) is 0.368. The van der Waals surface area contributed by atoms with Gasteiger partial charge in [0.15, 0.2) is 0 Å². The van der Waals surface area contributed by atoms with Crippen LogP contribution in [0.2, 0.25) is 0 Å². The summed E-state index contributed by atoms with van der Waals surface area (Å²) in [5.74, 6) is 1.86. The summed E-state index contributed by atoms with van der Waals surface area (Å²) in [7, 11) is 3.21. The van der Waals surface area contributed by atoms with Crippen LogP contribution in [0.3, 0.4) is 0 Å². The molecule has 0 saturated heterocycles. The average molecular weight is 356 g/mol. The van der Waals surface area contributed by atoms with Crippen molar-refractivity contribution in [1.29, 1.82) is 0 Å². The van der Waals surface area contributed by atoms with Crippen LogP contribution in [0.15, 0.2) is 23.0 Å². The molecule has 1 aliphatic carbocycles. The largest absolute Gasteiger partial charge is 0.497 e. The van der Waals surface area contributed by atoms with Gasteiger partial charge in [-0.3, -0.25) is 4.79 Å². The number of benzene rings is 1. The monoisotopic (exact) mass is 356 g/mol. The van der Waals surface area contributed by atoms with Gasteiger partial charge < -0.3 is 14.5 Å². The van der Waals surface area contributed by atoms with E-state index in [1.807, 2.05) is 12.1 Å². The lowest BCUT2D eigenvalue weighted by Gasteiger charge is -2.09. The van der Waals surface area contributed by atoms with Crippen molar-refractivity contribution in [3.8, 4) is 22.9 Å². The molecule has 6 heteroatoms. The summed E-state index contributed by atoms with van der Waals surface area (Å²) >= 11 is 1.66. The fourth-order valence-electron chi connectivity index (χ4n) is 3.46. The first-order chi connectivity index (χ1) is 12.2. The molecule has 1 N–H and O–H groups in total. The summed E-state index contributed by atoms with van der Waals surface area (Å²) in [5, 5.41) is 0.776. The van der Waals surface area contributed by atoms with Gasteiger partial charge in [-0.05, 0) is 43.4 Å². The number of aryl methyl sites for hydroxylation is 2. The van der Waals surface area contributed by atoms with Crippen LogP contribution in [0.5, 0.6) is 11.5 Å². The van der Waals surface area contributed by atoms with Gasteiger partial charge in [0.25, 0.3) is 5.56 Å². The number of ether oxygens (including phenoxy) is 2. The Kier molecular flexibility index (Phi) is 4.21. The van der Waals surface area contributed by atoms with E-state index in [0.717, 1.165) is 35.0 Å². The summed E-state index contributed by atoms with van der Waals surface area (Å²) in [4.78, 5) is 22.6. The molecular weight excluding hydrogens is 336 g/mol. The molecule has 0 amide bonds. The van der Waals surface area contributed by atoms with Crippen LogP contribution in [-0.2, 0) is 12.8 Å². The summed E-state index contributed by atoms with van der Waals surface area (Å²) < 4.78 is 10.7. The maximum Gasteiger partial charge on any atom is 0.260 e. The molecular formula is C19H20N2O3S. The zero-order chi connectivity index (χ0) is 17.4. The van der Waals surface area contributed by atoms with Crippen molar-refractivity contribution in [2.45, 2.75) is 32.1 Å². The van der Waals surface area contributed by atoms with E-state index in [-0.39, 0.29) is 5.56 Å². The van der Waals surface area contributed by atoms with E-state index in [1.54, 1.807) is 31.6 Å². The van der Waals surface area contributed by atoms with E-state index in [2.05, 4.69) is 4.98 Å². The number of hydrogen-bond acceptors (Lipinski definition) is 5. The summed E-state index contributed by atoms with van der Waals surface area (Å²) in [5.41, 5.74) is 1.91. The first-order valence-corrected chi connectivity index (χ1v) is 9.30. The van der Waals surface area contributed by atoms with E-state index in [9.17, 15) is 4.79 Å². The van der Waals surface area contributed by atoms with E-state index in [4.69, 9.17) is 14.5 Å². The van der Waals surface area contributed by atoms with Crippen LogP contribution < -0.4 is 15.0 Å². The number of nitrogens with one attached hydrogen (secondary N) is 1. The molecule has 0 radical (unpaired) electrons. The molecule has 1 aromatic carbocycles. The quantitative estimate of drug-likeness (QED) is 0.722. The molecule has 0 unspecified atom stereocenters. The molecule has 1 aliphatic rings. The van der Waals surface area contributed by atoms with Crippen molar-refractivity contribution in [1.82, 2.24) is 9.97 Å². The van der Waals surface area contributed by atoms with Gasteiger partial charge in [0.1, 0.15) is 22.2 Å². The topological polar surface area (TPSA) is 64.2 Å². The Labute approximate surface area is 149 Å². The lowest BCUT2D eigenvalue weighted by Crippen LogP contribution is -2.10. The molecule has 2 aromatic heterocycles. The number of nitrogens with zero attached hydrogens (tertiary/aromatic N) is 1. The van der Waals surface area contributed by atoms with Crippen molar-refractivity contribution < 1.29 is 9.47 Å². The minimum absolute atomic E-state index is 0.0581. The summed E-state index contributed by atoms with van der Waals surface area (Å²) in [6.45, 7) is 0.